The zero-order chi connectivity index (χ0) is 31.5. The minimum Gasteiger partial charge on any atom is -0.759 e. The summed E-state index contributed by atoms with van der Waals surface area (Å²) in [5.41, 5.74) is 6.18. The summed E-state index contributed by atoms with van der Waals surface area (Å²) in [6, 6.07) is 30.8. The SMILES string of the molecule is O=S(=O)([O-])[O-].[Cu+2].c1ccc(Cn2cc(CN(Cc3cn(Cc4ccccc4)nn3)Cc3cn(Cc4ccccc4)nn3)nn2)cc1. The molecule has 3 heterocycles. The minimum atomic E-state index is -5.17. The van der Waals surface area contributed by atoms with Crippen molar-refractivity contribution in [1.29, 1.82) is 0 Å². The maximum Gasteiger partial charge on any atom is 2.00 e. The van der Waals surface area contributed by atoms with Crippen LogP contribution in [0.15, 0.2) is 110 Å². The molecule has 241 valence electrons. The molecule has 0 fully saturated rings. The first kappa shape index (κ1) is 34.3. The van der Waals surface area contributed by atoms with Gasteiger partial charge in [0.25, 0.3) is 0 Å². The molecule has 14 nitrogen and oxygen atoms in total. The van der Waals surface area contributed by atoms with Gasteiger partial charge < -0.3 is 9.11 Å². The second kappa shape index (κ2) is 16.7. The number of hydrogen-bond acceptors (Lipinski definition) is 11. The van der Waals surface area contributed by atoms with Gasteiger partial charge in [0, 0.05) is 30.0 Å². The Balaban J connectivity index is 0.000000745. The van der Waals surface area contributed by atoms with Crippen molar-refractivity contribution in [1.82, 2.24) is 49.9 Å². The zero-order valence-corrected chi connectivity index (χ0v) is 26.2. The first-order valence-corrected chi connectivity index (χ1v) is 15.3. The fourth-order valence-electron chi connectivity index (χ4n) is 4.63. The van der Waals surface area contributed by atoms with Crippen LogP contribution in [0.4, 0.5) is 0 Å². The Hall–Kier alpha value is -4.57. The average molecular weight is 690 g/mol. The van der Waals surface area contributed by atoms with E-state index in [-0.39, 0.29) is 17.1 Å². The molecule has 0 amide bonds. The summed E-state index contributed by atoms with van der Waals surface area (Å²) in [4.78, 5) is 2.24. The molecular weight excluding hydrogens is 660 g/mol. The van der Waals surface area contributed by atoms with E-state index in [0.717, 1.165) is 17.1 Å². The van der Waals surface area contributed by atoms with Crippen LogP contribution in [0.25, 0.3) is 0 Å². The fourth-order valence-corrected chi connectivity index (χ4v) is 4.63. The third-order valence-electron chi connectivity index (χ3n) is 6.48. The topological polar surface area (TPSA) is 176 Å². The summed E-state index contributed by atoms with van der Waals surface area (Å²) in [5, 5.41) is 26.4. The van der Waals surface area contributed by atoms with Gasteiger partial charge in [0.2, 0.25) is 0 Å². The van der Waals surface area contributed by atoms with Crippen LogP contribution in [0.1, 0.15) is 33.8 Å². The van der Waals surface area contributed by atoms with E-state index in [1.165, 1.54) is 16.7 Å². The first-order valence-electron chi connectivity index (χ1n) is 13.9. The van der Waals surface area contributed by atoms with Gasteiger partial charge in [-0.15, -0.1) is 15.3 Å². The molecule has 3 aromatic carbocycles. The molecule has 0 aliphatic carbocycles. The smallest absolute Gasteiger partial charge is 0.759 e. The van der Waals surface area contributed by atoms with Crippen LogP contribution in [-0.2, 0) is 66.7 Å². The van der Waals surface area contributed by atoms with Gasteiger partial charge in [-0.2, -0.15) is 0 Å². The number of benzene rings is 3. The molecule has 0 bridgehead atoms. The van der Waals surface area contributed by atoms with Crippen molar-refractivity contribution < 1.29 is 34.6 Å². The number of hydrogen-bond donors (Lipinski definition) is 0. The van der Waals surface area contributed by atoms with Crippen molar-refractivity contribution in [3.63, 3.8) is 0 Å². The standard InChI is InChI=1S/C30H30N10.Cu.H2O4S/c1-4-10-25(11-5-1)16-38-22-28(31-34-38)19-37(20-29-23-39(35-32-29)17-26-12-6-2-7-13-26)21-30-24-40(36-33-30)18-27-14-8-3-9-15-27;;1-5(2,3)4/h1-15,22-24H,16-21H2;;(H2,1,2,3,4)/q;+2;/p-2. The van der Waals surface area contributed by atoms with Crippen molar-refractivity contribution in [3.8, 4) is 0 Å². The van der Waals surface area contributed by atoms with Crippen molar-refractivity contribution >= 4 is 10.4 Å². The number of rotatable bonds is 12. The molecule has 1 radical (unpaired) electrons. The predicted molar refractivity (Wildman–Crippen MR) is 160 cm³/mol. The van der Waals surface area contributed by atoms with Crippen LogP contribution in [0.2, 0.25) is 0 Å². The molecule has 3 aromatic heterocycles. The summed E-state index contributed by atoms with van der Waals surface area (Å²) >= 11 is 0. The van der Waals surface area contributed by atoms with Crippen LogP contribution in [0, 0.1) is 0 Å². The fraction of sp³-hybridized carbons (Fsp3) is 0.200. The van der Waals surface area contributed by atoms with Gasteiger partial charge in [-0.1, -0.05) is 107 Å². The van der Waals surface area contributed by atoms with E-state index < -0.39 is 10.4 Å². The van der Waals surface area contributed by atoms with Gasteiger partial charge in [0.05, 0.1) is 55.3 Å². The first-order chi connectivity index (χ1) is 21.7. The average Bonchev–Trinajstić information content (AvgIpc) is 3.76. The molecule has 0 unspecified atom stereocenters. The Kier molecular flexibility index (Phi) is 12.4. The molecule has 0 aliphatic rings. The van der Waals surface area contributed by atoms with Crippen molar-refractivity contribution in [2.24, 2.45) is 0 Å². The van der Waals surface area contributed by atoms with Crippen molar-refractivity contribution in [2.45, 2.75) is 39.3 Å². The van der Waals surface area contributed by atoms with E-state index in [2.05, 4.69) is 72.2 Å². The molecule has 0 spiro atoms. The molecule has 0 atom stereocenters. The maximum absolute atomic E-state index is 8.52. The summed E-state index contributed by atoms with van der Waals surface area (Å²) in [6.45, 7) is 3.80. The summed E-state index contributed by atoms with van der Waals surface area (Å²) < 4.78 is 39.7. The van der Waals surface area contributed by atoms with Gasteiger partial charge in [-0.3, -0.25) is 13.3 Å². The summed E-state index contributed by atoms with van der Waals surface area (Å²) in [5.74, 6) is 0. The molecule has 0 saturated carbocycles. The Morgan fingerprint density at radius 1 is 0.522 bits per heavy atom. The Labute approximate surface area is 276 Å². The van der Waals surface area contributed by atoms with Crippen molar-refractivity contribution in [2.75, 3.05) is 0 Å². The maximum atomic E-state index is 8.52. The van der Waals surface area contributed by atoms with E-state index >= 15 is 0 Å². The molecule has 0 aliphatic heterocycles. The largest absolute Gasteiger partial charge is 2.00 e. The van der Waals surface area contributed by atoms with Crippen LogP contribution in [0.5, 0.6) is 0 Å². The van der Waals surface area contributed by atoms with E-state index in [0.29, 0.717) is 39.3 Å². The summed E-state index contributed by atoms with van der Waals surface area (Å²) in [7, 11) is -5.17. The van der Waals surface area contributed by atoms with E-state index in [4.69, 9.17) is 17.5 Å². The van der Waals surface area contributed by atoms with Gasteiger partial charge in [-0.25, -0.2) is 14.0 Å². The predicted octanol–water partition coefficient (Wildman–Crippen LogP) is 2.47. The normalized spacial score (nSPS) is 11.1. The molecule has 0 N–H and O–H groups in total. The van der Waals surface area contributed by atoms with Crippen LogP contribution in [0.3, 0.4) is 0 Å². The third-order valence-corrected chi connectivity index (χ3v) is 6.48. The van der Waals surface area contributed by atoms with Crippen LogP contribution >= 0.6 is 0 Å². The van der Waals surface area contributed by atoms with E-state index in [9.17, 15) is 0 Å². The Bertz CT molecular complexity index is 1660. The minimum absolute atomic E-state index is 0. The molecular formula is C30H30CuN10O4S. The van der Waals surface area contributed by atoms with E-state index in [1.54, 1.807) is 0 Å². The van der Waals surface area contributed by atoms with Crippen molar-refractivity contribution in [3.05, 3.63) is 143 Å². The van der Waals surface area contributed by atoms with Gasteiger partial charge in [0.15, 0.2) is 0 Å². The third kappa shape index (κ3) is 11.7. The second-order valence-electron chi connectivity index (χ2n) is 10.2. The van der Waals surface area contributed by atoms with Gasteiger partial charge >= 0.3 is 17.1 Å². The number of aromatic nitrogens is 9. The molecule has 16 heteroatoms. The monoisotopic (exact) mass is 689 g/mol. The van der Waals surface area contributed by atoms with Gasteiger partial charge in [0.1, 0.15) is 0 Å². The number of nitrogens with zero attached hydrogens (tertiary/aromatic N) is 10. The molecule has 6 aromatic rings. The van der Waals surface area contributed by atoms with Crippen LogP contribution < -0.4 is 0 Å². The zero-order valence-electron chi connectivity index (χ0n) is 24.4. The molecule has 46 heavy (non-hydrogen) atoms. The summed E-state index contributed by atoms with van der Waals surface area (Å²) in [6.07, 6.45) is 6.00. The second-order valence-corrected chi connectivity index (χ2v) is 11.0. The Morgan fingerprint density at radius 2 is 0.783 bits per heavy atom. The molecule has 0 saturated heterocycles. The van der Waals surface area contributed by atoms with E-state index in [1.807, 2.05) is 87.2 Å². The quantitative estimate of drug-likeness (QED) is 0.105. The molecule has 6 rings (SSSR count). The van der Waals surface area contributed by atoms with Gasteiger partial charge in [-0.05, 0) is 16.7 Å². The Morgan fingerprint density at radius 3 is 1.04 bits per heavy atom. The van der Waals surface area contributed by atoms with Crippen LogP contribution in [-0.4, -0.2) is 67.4 Å².